The average Bonchev–Trinajstić information content (AvgIpc) is 2.64. The number of ketones is 1. The van der Waals surface area contributed by atoms with Crippen molar-refractivity contribution in [1.82, 2.24) is 0 Å². The quantitative estimate of drug-likeness (QED) is 0.456. The van der Waals surface area contributed by atoms with Gasteiger partial charge in [0, 0.05) is 0 Å². The van der Waals surface area contributed by atoms with Gasteiger partial charge in [0.15, 0.2) is 11.5 Å². The van der Waals surface area contributed by atoms with Crippen LogP contribution in [-0.4, -0.2) is 27.1 Å². The summed E-state index contributed by atoms with van der Waals surface area (Å²) in [5.74, 6) is -0.235. The second-order valence-electron chi connectivity index (χ2n) is 4.94. The first-order valence-corrected chi connectivity index (χ1v) is 7.26. The smallest absolute Gasteiger partial charge is 0.206 e. The number of hydrogen-bond acceptors (Lipinski definition) is 5. The van der Waals surface area contributed by atoms with E-state index >= 15 is 0 Å². The minimum Gasteiger partial charge on any atom is -0.493 e. The molecule has 0 radical (unpaired) electrons. The maximum Gasteiger partial charge on any atom is 0.206 e. The van der Waals surface area contributed by atoms with Crippen molar-refractivity contribution in [2.45, 2.75) is 0 Å². The number of rotatable bonds is 6. The Hall–Kier alpha value is -3.33. The minimum atomic E-state index is -0.700. The lowest BCUT2D eigenvalue weighted by molar-refractivity contribution is 0.103. The molecule has 2 aromatic rings. The molecule has 0 unspecified atom stereocenters. The second-order valence-corrected chi connectivity index (χ2v) is 4.94. The fourth-order valence-corrected chi connectivity index (χ4v) is 2.29. The Morgan fingerprint density at radius 1 is 1.08 bits per heavy atom. The molecule has 0 bridgehead atoms. The number of Topliss-reactive ketones (excluding diaryl/α,β-unsaturated/α-hetero) is 1. The molecule has 6 heteroatoms. The fraction of sp³-hybridized carbons (Fsp3) is 0.158. The first-order chi connectivity index (χ1) is 12.0. The van der Waals surface area contributed by atoms with Gasteiger partial charge in [0.2, 0.25) is 11.5 Å². The number of carbonyl (C=O) groups is 1. The monoisotopic (exact) mass is 341 g/mol. The zero-order chi connectivity index (χ0) is 18.4. The summed E-state index contributed by atoms with van der Waals surface area (Å²) in [5, 5.41) is 9.31. The van der Waals surface area contributed by atoms with E-state index in [0.29, 0.717) is 22.8 Å². The van der Waals surface area contributed by atoms with Crippen molar-refractivity contribution in [2.75, 3.05) is 21.3 Å². The van der Waals surface area contributed by atoms with Crippen molar-refractivity contribution in [3.05, 3.63) is 58.9 Å². The summed E-state index contributed by atoms with van der Waals surface area (Å²) in [5.41, 5.74) is 0.109. The van der Waals surface area contributed by atoms with Crippen molar-refractivity contribution in [2.24, 2.45) is 0 Å². The Bertz CT molecular complexity index is 843. The number of hydrogen-bond donors (Lipinski definition) is 0. The molecule has 0 aliphatic carbocycles. The number of methoxy groups -OCH3 is 3. The van der Waals surface area contributed by atoms with E-state index in [1.807, 2.05) is 6.07 Å². The molecule has 0 saturated heterocycles. The third-order valence-electron chi connectivity index (χ3n) is 3.48. The molecule has 0 heterocycles. The van der Waals surface area contributed by atoms with Crippen LogP contribution in [-0.2, 0) is 0 Å². The van der Waals surface area contributed by atoms with E-state index in [0.717, 1.165) is 0 Å². The predicted octanol–water partition coefficient (Wildman–Crippen LogP) is 3.64. The van der Waals surface area contributed by atoms with Gasteiger partial charge >= 0.3 is 0 Å². The van der Waals surface area contributed by atoms with E-state index in [2.05, 4.69) is 0 Å². The van der Waals surface area contributed by atoms with Crippen LogP contribution >= 0.6 is 0 Å². The third kappa shape index (κ3) is 3.78. The summed E-state index contributed by atoms with van der Waals surface area (Å²) in [6.07, 6.45) is 1.35. The molecule has 128 valence electrons. The van der Waals surface area contributed by atoms with Crippen LogP contribution in [0.1, 0.15) is 15.9 Å². The van der Waals surface area contributed by atoms with E-state index < -0.39 is 11.6 Å². The number of allylic oxidation sites excluding steroid dienone is 1. The van der Waals surface area contributed by atoms with Crippen molar-refractivity contribution >= 4 is 11.9 Å². The van der Waals surface area contributed by atoms with Gasteiger partial charge in [-0.05, 0) is 35.9 Å². The zero-order valence-electron chi connectivity index (χ0n) is 14.0. The molecular formula is C19H16FNO4. The number of halogens is 1. The SMILES string of the molecule is COc1cc(/C=C(\C#N)C(=O)c2ccccc2F)cc(OC)c1OC. The van der Waals surface area contributed by atoms with E-state index in [1.165, 1.54) is 51.7 Å². The van der Waals surface area contributed by atoms with Gasteiger partial charge in [0.05, 0.1) is 26.9 Å². The first-order valence-electron chi connectivity index (χ1n) is 7.26. The molecule has 0 aliphatic rings. The topological polar surface area (TPSA) is 68.5 Å². The van der Waals surface area contributed by atoms with E-state index in [1.54, 1.807) is 12.1 Å². The number of nitrogens with zero attached hydrogens (tertiary/aromatic N) is 1. The fourth-order valence-electron chi connectivity index (χ4n) is 2.29. The highest BCUT2D eigenvalue weighted by Gasteiger charge is 2.18. The average molecular weight is 341 g/mol. The largest absolute Gasteiger partial charge is 0.493 e. The standard InChI is InChI=1S/C19H16FNO4/c1-23-16-9-12(10-17(24-2)19(16)25-3)8-13(11-21)18(22)14-6-4-5-7-15(14)20/h4-10H,1-3H3/b13-8+. The second kappa shape index (κ2) is 7.97. The predicted molar refractivity (Wildman–Crippen MR) is 90.4 cm³/mol. The van der Waals surface area contributed by atoms with Gasteiger partial charge < -0.3 is 14.2 Å². The number of ether oxygens (including phenoxy) is 3. The molecule has 25 heavy (non-hydrogen) atoms. The third-order valence-corrected chi connectivity index (χ3v) is 3.48. The van der Waals surface area contributed by atoms with Crippen molar-refractivity contribution in [1.29, 1.82) is 5.26 Å². The maximum absolute atomic E-state index is 13.8. The van der Waals surface area contributed by atoms with Crippen molar-refractivity contribution in [3.63, 3.8) is 0 Å². The maximum atomic E-state index is 13.8. The summed E-state index contributed by atoms with van der Waals surface area (Å²) < 4.78 is 29.5. The van der Waals surface area contributed by atoms with Crippen LogP contribution < -0.4 is 14.2 Å². The molecule has 2 aromatic carbocycles. The normalized spacial score (nSPS) is 10.8. The highest BCUT2D eigenvalue weighted by Crippen LogP contribution is 2.38. The van der Waals surface area contributed by atoms with Crippen LogP contribution in [0.25, 0.3) is 6.08 Å². The summed E-state index contributed by atoms with van der Waals surface area (Å²) in [6.45, 7) is 0. The minimum absolute atomic E-state index is 0.164. The molecule has 5 nitrogen and oxygen atoms in total. The zero-order valence-corrected chi connectivity index (χ0v) is 14.0. The summed E-state index contributed by atoms with van der Waals surface area (Å²) >= 11 is 0. The van der Waals surface area contributed by atoms with E-state index in [4.69, 9.17) is 14.2 Å². The molecule has 0 saturated carbocycles. The molecular weight excluding hydrogens is 325 g/mol. The number of nitriles is 1. The van der Waals surface area contributed by atoms with Crippen molar-refractivity contribution in [3.8, 4) is 23.3 Å². The van der Waals surface area contributed by atoms with Gasteiger partial charge in [-0.15, -0.1) is 0 Å². The molecule has 0 aliphatic heterocycles. The summed E-state index contributed by atoms with van der Waals surface area (Å²) in [7, 11) is 4.39. The van der Waals surface area contributed by atoms with Gasteiger partial charge in [-0.25, -0.2) is 4.39 Å². The van der Waals surface area contributed by atoms with Crippen molar-refractivity contribution < 1.29 is 23.4 Å². The highest BCUT2D eigenvalue weighted by atomic mass is 19.1. The Labute approximate surface area is 144 Å². The van der Waals surface area contributed by atoms with E-state index in [9.17, 15) is 14.4 Å². The van der Waals surface area contributed by atoms with Gasteiger partial charge in [0.25, 0.3) is 0 Å². The highest BCUT2D eigenvalue weighted by molar-refractivity contribution is 6.14. The Morgan fingerprint density at radius 2 is 1.68 bits per heavy atom. The molecule has 0 N–H and O–H groups in total. The number of benzene rings is 2. The molecule has 0 spiro atoms. The van der Waals surface area contributed by atoms with Gasteiger partial charge in [-0.2, -0.15) is 5.26 Å². The summed E-state index contributed by atoms with van der Waals surface area (Å²) in [6, 6.07) is 10.5. The van der Waals surface area contributed by atoms with Gasteiger partial charge in [0.1, 0.15) is 17.5 Å². The van der Waals surface area contributed by atoms with Gasteiger partial charge in [-0.3, -0.25) is 4.79 Å². The Kier molecular flexibility index (Phi) is 5.75. The summed E-state index contributed by atoms with van der Waals surface area (Å²) in [4.78, 5) is 12.4. The first kappa shape index (κ1) is 18.0. The lowest BCUT2D eigenvalue weighted by atomic mass is 10.0. The van der Waals surface area contributed by atoms with Crippen LogP contribution in [0.3, 0.4) is 0 Å². The lowest BCUT2D eigenvalue weighted by Gasteiger charge is -2.13. The lowest BCUT2D eigenvalue weighted by Crippen LogP contribution is -2.04. The Balaban J connectivity index is 2.52. The Morgan fingerprint density at radius 3 is 2.16 bits per heavy atom. The van der Waals surface area contributed by atoms with Crippen LogP contribution in [0.2, 0.25) is 0 Å². The van der Waals surface area contributed by atoms with Crippen LogP contribution in [0.4, 0.5) is 4.39 Å². The molecule has 0 amide bonds. The van der Waals surface area contributed by atoms with Crippen LogP contribution in [0, 0.1) is 17.1 Å². The molecule has 0 aromatic heterocycles. The molecule has 0 atom stereocenters. The molecule has 2 rings (SSSR count). The van der Waals surface area contributed by atoms with Gasteiger partial charge in [-0.1, -0.05) is 12.1 Å². The van der Waals surface area contributed by atoms with E-state index in [-0.39, 0.29) is 11.1 Å². The molecule has 0 fully saturated rings. The van der Waals surface area contributed by atoms with Crippen LogP contribution in [0.15, 0.2) is 42.0 Å². The van der Waals surface area contributed by atoms with Crippen LogP contribution in [0.5, 0.6) is 17.2 Å². The number of carbonyl (C=O) groups excluding carboxylic acids is 1.